The van der Waals surface area contributed by atoms with Gasteiger partial charge >= 0.3 is 0 Å². The molecule has 0 bridgehead atoms. The minimum atomic E-state index is -0.396. The summed E-state index contributed by atoms with van der Waals surface area (Å²) in [6.07, 6.45) is 3.97. The van der Waals surface area contributed by atoms with Gasteiger partial charge in [0, 0.05) is 46.2 Å². The summed E-state index contributed by atoms with van der Waals surface area (Å²) in [6.45, 7) is 0. The van der Waals surface area contributed by atoms with Crippen LogP contribution in [-0.4, -0.2) is 27.4 Å². The lowest BCUT2D eigenvalue weighted by atomic mass is 10.0. The molecule has 5 aromatic rings. The van der Waals surface area contributed by atoms with Crippen molar-refractivity contribution in [2.24, 2.45) is 0 Å². The van der Waals surface area contributed by atoms with Gasteiger partial charge in [0.15, 0.2) is 0 Å². The molecule has 0 radical (unpaired) electrons. The molecule has 1 aliphatic rings. The number of hydrogen-bond donors (Lipinski definition) is 3. The molecule has 3 aromatic carbocycles. The van der Waals surface area contributed by atoms with Crippen LogP contribution in [0.1, 0.15) is 37.9 Å². The molecule has 2 aromatic heterocycles. The summed E-state index contributed by atoms with van der Waals surface area (Å²) in [5.41, 5.74) is 4.32. The lowest BCUT2D eigenvalue weighted by molar-refractivity contribution is 0.0888. The number of fused-ring (bicyclic) bond motifs is 2. The van der Waals surface area contributed by atoms with E-state index in [0.29, 0.717) is 28.3 Å². The average molecular weight is 523 g/mol. The van der Waals surface area contributed by atoms with Crippen LogP contribution >= 0.6 is 11.6 Å². The Bertz CT molecular complexity index is 1740. The zero-order chi connectivity index (χ0) is 26.2. The number of nitrogens with one attached hydrogen (secondary N) is 3. The number of carbonyl (C=O) groups is 2. The fourth-order valence-electron chi connectivity index (χ4n) is 5.03. The van der Waals surface area contributed by atoms with Crippen molar-refractivity contribution in [3.8, 4) is 5.69 Å². The third kappa shape index (κ3) is 4.37. The molecule has 6 rings (SSSR count). The van der Waals surface area contributed by atoms with E-state index in [4.69, 9.17) is 11.6 Å². The van der Waals surface area contributed by atoms with Crippen LogP contribution in [0.5, 0.6) is 0 Å². The first-order chi connectivity index (χ1) is 18.5. The Balaban J connectivity index is 1.22. The summed E-state index contributed by atoms with van der Waals surface area (Å²) in [5, 5.41) is 7.68. The molecule has 2 amide bonds. The molecule has 1 aliphatic carbocycles. The Morgan fingerprint density at radius 2 is 1.61 bits per heavy atom. The predicted molar refractivity (Wildman–Crippen MR) is 147 cm³/mol. The monoisotopic (exact) mass is 522 g/mol. The maximum Gasteiger partial charge on any atom is 0.255 e. The maximum atomic E-state index is 13.3. The van der Waals surface area contributed by atoms with Crippen LogP contribution in [-0.2, 0) is 6.42 Å². The number of benzene rings is 3. The molecule has 8 heteroatoms. The first-order valence-electron chi connectivity index (χ1n) is 12.2. The molecule has 0 aliphatic heterocycles. The van der Waals surface area contributed by atoms with Gasteiger partial charge in [-0.05, 0) is 60.0 Å². The quantitative estimate of drug-likeness (QED) is 0.309. The second-order valence-corrected chi connectivity index (χ2v) is 9.69. The molecule has 2 heterocycles. The Kier molecular flexibility index (Phi) is 6.05. The number of pyridine rings is 1. The number of H-pyrrole nitrogens is 1. The van der Waals surface area contributed by atoms with Gasteiger partial charge in [-0.25, -0.2) is 0 Å². The molecule has 0 fully saturated rings. The van der Waals surface area contributed by atoms with Crippen LogP contribution in [0.4, 0.5) is 0 Å². The Labute approximate surface area is 223 Å². The number of aromatic amines is 1. The number of carbonyl (C=O) groups excluding carboxylic acids is 2. The van der Waals surface area contributed by atoms with Gasteiger partial charge in [0.05, 0.1) is 17.1 Å². The smallest absolute Gasteiger partial charge is 0.255 e. The molecule has 38 heavy (non-hydrogen) atoms. The SMILES string of the molecule is O=C(N[C@@H]1Cc2ccccc2[C@@H]1NC(=O)c1ccc2c(Cl)c[nH]c2c1)c1ccc(-n2ccccc2=O)cc1. The van der Waals surface area contributed by atoms with Gasteiger partial charge in [0.1, 0.15) is 0 Å². The van der Waals surface area contributed by atoms with Gasteiger partial charge in [0.25, 0.3) is 17.4 Å². The molecular formula is C30H23ClN4O3. The molecule has 0 unspecified atom stereocenters. The van der Waals surface area contributed by atoms with Gasteiger partial charge < -0.3 is 15.6 Å². The normalized spacial score (nSPS) is 16.2. The molecule has 3 N–H and O–H groups in total. The number of amides is 2. The van der Waals surface area contributed by atoms with Crippen LogP contribution in [0, 0.1) is 0 Å². The molecule has 188 valence electrons. The highest BCUT2D eigenvalue weighted by atomic mass is 35.5. The van der Waals surface area contributed by atoms with E-state index in [1.807, 2.05) is 30.3 Å². The number of aromatic nitrogens is 2. The van der Waals surface area contributed by atoms with Gasteiger partial charge in [-0.1, -0.05) is 48.0 Å². The molecule has 0 spiro atoms. The van der Waals surface area contributed by atoms with E-state index >= 15 is 0 Å². The fraction of sp³-hybridized carbons (Fsp3) is 0.100. The zero-order valence-corrected chi connectivity index (χ0v) is 20.9. The summed E-state index contributed by atoms with van der Waals surface area (Å²) >= 11 is 6.18. The highest BCUT2D eigenvalue weighted by molar-refractivity contribution is 6.35. The molecule has 2 atom stereocenters. The zero-order valence-electron chi connectivity index (χ0n) is 20.1. The number of rotatable bonds is 5. The summed E-state index contributed by atoms with van der Waals surface area (Å²) in [7, 11) is 0. The molecule has 7 nitrogen and oxygen atoms in total. The highest BCUT2D eigenvalue weighted by Crippen LogP contribution is 2.32. The topological polar surface area (TPSA) is 96.0 Å². The average Bonchev–Trinajstić information content (AvgIpc) is 3.48. The summed E-state index contributed by atoms with van der Waals surface area (Å²) in [6, 6.07) is 24.3. The van der Waals surface area contributed by atoms with Crippen molar-refractivity contribution in [3.63, 3.8) is 0 Å². The van der Waals surface area contributed by atoms with E-state index in [1.165, 1.54) is 10.6 Å². The number of nitrogens with zero attached hydrogens (tertiary/aromatic N) is 1. The number of halogens is 1. The van der Waals surface area contributed by atoms with Gasteiger partial charge in [-0.3, -0.25) is 19.0 Å². The largest absolute Gasteiger partial charge is 0.360 e. The Morgan fingerprint density at radius 3 is 2.42 bits per heavy atom. The summed E-state index contributed by atoms with van der Waals surface area (Å²) in [4.78, 5) is 41.7. The van der Waals surface area contributed by atoms with E-state index < -0.39 is 6.04 Å². The Hall–Kier alpha value is -4.62. The summed E-state index contributed by atoms with van der Waals surface area (Å²) < 4.78 is 1.51. The van der Waals surface area contributed by atoms with Crippen LogP contribution in [0.25, 0.3) is 16.6 Å². The van der Waals surface area contributed by atoms with Crippen LogP contribution in [0.3, 0.4) is 0 Å². The van der Waals surface area contributed by atoms with E-state index in [1.54, 1.807) is 60.9 Å². The minimum Gasteiger partial charge on any atom is -0.360 e. The van der Waals surface area contributed by atoms with E-state index in [2.05, 4.69) is 15.6 Å². The van der Waals surface area contributed by atoms with Crippen molar-refractivity contribution in [2.45, 2.75) is 18.5 Å². The second-order valence-electron chi connectivity index (χ2n) is 9.29. The third-order valence-corrected chi connectivity index (χ3v) is 7.27. The van der Waals surface area contributed by atoms with E-state index in [-0.39, 0.29) is 23.4 Å². The van der Waals surface area contributed by atoms with Crippen molar-refractivity contribution in [1.29, 1.82) is 0 Å². The first kappa shape index (κ1) is 23.8. The van der Waals surface area contributed by atoms with Gasteiger partial charge in [0.2, 0.25) is 0 Å². The third-order valence-electron chi connectivity index (χ3n) is 6.96. The summed E-state index contributed by atoms with van der Waals surface area (Å²) in [5.74, 6) is -0.493. The standard InChI is InChI=1S/C30H23ClN4O3/c31-24-17-32-25-16-20(10-13-23(24)25)30(38)34-28-22-6-2-1-5-19(22)15-26(28)33-29(37)18-8-11-21(12-9-18)35-14-4-3-7-27(35)36/h1-14,16-17,26,28,32H,15H2,(H,33,37)(H,34,38)/t26-,28+/m1/s1. The van der Waals surface area contributed by atoms with Crippen molar-refractivity contribution >= 4 is 34.3 Å². The van der Waals surface area contributed by atoms with E-state index in [9.17, 15) is 14.4 Å². The Morgan fingerprint density at radius 1 is 0.868 bits per heavy atom. The van der Waals surface area contributed by atoms with Crippen LogP contribution in [0.2, 0.25) is 5.02 Å². The molecule has 0 saturated heterocycles. The maximum absolute atomic E-state index is 13.3. The van der Waals surface area contributed by atoms with Crippen molar-refractivity contribution in [1.82, 2.24) is 20.2 Å². The van der Waals surface area contributed by atoms with Crippen LogP contribution < -0.4 is 16.2 Å². The van der Waals surface area contributed by atoms with E-state index in [0.717, 1.165) is 22.0 Å². The second kappa shape index (κ2) is 9.68. The first-order valence-corrected chi connectivity index (χ1v) is 12.6. The highest BCUT2D eigenvalue weighted by Gasteiger charge is 2.34. The fourth-order valence-corrected chi connectivity index (χ4v) is 5.25. The predicted octanol–water partition coefficient (Wildman–Crippen LogP) is 4.80. The molecular weight excluding hydrogens is 500 g/mol. The lowest BCUT2D eigenvalue weighted by Gasteiger charge is -2.23. The van der Waals surface area contributed by atoms with Crippen molar-refractivity contribution in [3.05, 3.63) is 135 Å². The van der Waals surface area contributed by atoms with Crippen molar-refractivity contribution in [2.75, 3.05) is 0 Å². The lowest BCUT2D eigenvalue weighted by Crippen LogP contribution is -2.44. The van der Waals surface area contributed by atoms with Gasteiger partial charge in [-0.2, -0.15) is 0 Å². The minimum absolute atomic E-state index is 0.148. The van der Waals surface area contributed by atoms with Crippen LogP contribution in [0.15, 0.2) is 102 Å². The molecule has 0 saturated carbocycles. The van der Waals surface area contributed by atoms with Gasteiger partial charge in [-0.15, -0.1) is 0 Å². The van der Waals surface area contributed by atoms with Crippen molar-refractivity contribution < 1.29 is 9.59 Å². The number of hydrogen-bond acceptors (Lipinski definition) is 3.